The molecule has 0 heterocycles. The third kappa shape index (κ3) is 3.70. The molecule has 3 N–H and O–H groups in total. The second kappa shape index (κ2) is 6.39. The Morgan fingerprint density at radius 3 is 2.53 bits per heavy atom. The van der Waals surface area contributed by atoms with Gasteiger partial charge in [0.15, 0.2) is 0 Å². The molecule has 0 saturated heterocycles. The van der Waals surface area contributed by atoms with E-state index in [1.165, 1.54) is 0 Å². The Hall–Kier alpha value is -0.560. The van der Waals surface area contributed by atoms with E-state index in [0.29, 0.717) is 6.54 Å². The van der Waals surface area contributed by atoms with Crippen LogP contribution in [0.2, 0.25) is 0 Å². The zero-order valence-electron chi connectivity index (χ0n) is 9.25. The Balaban J connectivity index is 2.88. The van der Waals surface area contributed by atoms with Crippen LogP contribution < -0.4 is 5.32 Å². The van der Waals surface area contributed by atoms with Crippen molar-refractivity contribution in [2.75, 3.05) is 13.6 Å². The molecule has 0 radical (unpaired) electrons. The first-order valence-electron chi connectivity index (χ1n) is 5.12. The van der Waals surface area contributed by atoms with E-state index in [4.69, 9.17) is 0 Å². The molecule has 0 aromatic heterocycles. The normalized spacial score (nSPS) is 14.7. The molecule has 0 amide bonds. The standard InChI is InChI=1S/C11H14BrF2NO2/c1-15-3-2-10(16)11(17)6-4-9(14)7(12)5-8(6)13/h4-5,10-11,15-17H,2-3H2,1H3. The lowest BCUT2D eigenvalue weighted by Gasteiger charge is -2.18. The van der Waals surface area contributed by atoms with Crippen LogP contribution in [0, 0.1) is 11.6 Å². The molecule has 1 aromatic carbocycles. The summed E-state index contributed by atoms with van der Waals surface area (Å²) in [5.74, 6) is -1.43. The minimum atomic E-state index is -1.44. The van der Waals surface area contributed by atoms with E-state index in [9.17, 15) is 19.0 Å². The van der Waals surface area contributed by atoms with Crippen molar-refractivity contribution in [2.24, 2.45) is 0 Å². The molecule has 0 bridgehead atoms. The van der Waals surface area contributed by atoms with Crippen LogP contribution in [0.25, 0.3) is 0 Å². The van der Waals surface area contributed by atoms with E-state index < -0.39 is 23.8 Å². The zero-order valence-corrected chi connectivity index (χ0v) is 10.8. The molecule has 0 aliphatic heterocycles. The fourth-order valence-corrected chi connectivity index (χ4v) is 1.74. The van der Waals surface area contributed by atoms with Gasteiger partial charge >= 0.3 is 0 Å². The highest BCUT2D eigenvalue weighted by atomic mass is 79.9. The largest absolute Gasteiger partial charge is 0.390 e. The van der Waals surface area contributed by atoms with Gasteiger partial charge in [-0.05, 0) is 48.1 Å². The number of rotatable bonds is 5. The summed E-state index contributed by atoms with van der Waals surface area (Å²) in [5, 5.41) is 22.1. The van der Waals surface area contributed by atoms with Crippen LogP contribution in [0.3, 0.4) is 0 Å². The topological polar surface area (TPSA) is 52.5 Å². The summed E-state index contributed by atoms with van der Waals surface area (Å²) in [6.07, 6.45) is -2.34. The number of benzene rings is 1. The molecule has 0 fully saturated rings. The van der Waals surface area contributed by atoms with E-state index in [1.54, 1.807) is 7.05 Å². The van der Waals surface area contributed by atoms with Gasteiger partial charge in [0, 0.05) is 5.56 Å². The monoisotopic (exact) mass is 309 g/mol. The van der Waals surface area contributed by atoms with Crippen LogP contribution in [0.1, 0.15) is 18.1 Å². The van der Waals surface area contributed by atoms with Gasteiger partial charge in [0.05, 0.1) is 10.6 Å². The molecule has 2 unspecified atom stereocenters. The van der Waals surface area contributed by atoms with Crippen molar-refractivity contribution in [3.05, 3.63) is 33.8 Å². The SMILES string of the molecule is CNCCC(O)C(O)c1cc(F)c(Br)cc1F. The molecule has 1 aromatic rings. The summed E-state index contributed by atoms with van der Waals surface area (Å²) in [6, 6.07) is 1.81. The van der Waals surface area contributed by atoms with Gasteiger partial charge in [-0.1, -0.05) is 0 Å². The molecule has 1 rings (SSSR count). The Bertz CT molecular complexity index is 390. The van der Waals surface area contributed by atoms with Gasteiger partial charge in [-0.15, -0.1) is 0 Å². The van der Waals surface area contributed by atoms with E-state index in [1.807, 2.05) is 0 Å². The Labute approximate surface area is 107 Å². The van der Waals surface area contributed by atoms with Crippen molar-refractivity contribution in [3.63, 3.8) is 0 Å². The van der Waals surface area contributed by atoms with Crippen molar-refractivity contribution in [1.29, 1.82) is 0 Å². The van der Waals surface area contributed by atoms with Gasteiger partial charge in [-0.25, -0.2) is 8.78 Å². The predicted octanol–water partition coefficient (Wildman–Crippen LogP) is 1.73. The summed E-state index contributed by atoms with van der Waals surface area (Å²) >= 11 is 2.84. The lowest BCUT2D eigenvalue weighted by atomic mass is 10.0. The maximum absolute atomic E-state index is 13.5. The van der Waals surface area contributed by atoms with Gasteiger partial charge in [0.25, 0.3) is 0 Å². The number of hydrogen-bond donors (Lipinski definition) is 3. The molecule has 17 heavy (non-hydrogen) atoms. The number of nitrogens with one attached hydrogen (secondary N) is 1. The van der Waals surface area contributed by atoms with E-state index in [2.05, 4.69) is 21.2 Å². The highest BCUT2D eigenvalue weighted by Gasteiger charge is 2.22. The van der Waals surface area contributed by atoms with E-state index >= 15 is 0 Å². The average Bonchev–Trinajstić information content (AvgIpc) is 2.29. The second-order valence-corrected chi connectivity index (χ2v) is 4.55. The Morgan fingerprint density at radius 2 is 1.94 bits per heavy atom. The number of halogens is 3. The van der Waals surface area contributed by atoms with Gasteiger partial charge in [-0.2, -0.15) is 0 Å². The number of aliphatic hydroxyl groups is 2. The fourth-order valence-electron chi connectivity index (χ4n) is 1.42. The fraction of sp³-hybridized carbons (Fsp3) is 0.455. The highest BCUT2D eigenvalue weighted by molar-refractivity contribution is 9.10. The van der Waals surface area contributed by atoms with Crippen molar-refractivity contribution in [3.8, 4) is 0 Å². The maximum Gasteiger partial charge on any atom is 0.137 e. The molecule has 2 atom stereocenters. The second-order valence-electron chi connectivity index (χ2n) is 3.69. The summed E-state index contributed by atoms with van der Waals surface area (Å²) in [5.41, 5.74) is -0.241. The predicted molar refractivity (Wildman–Crippen MR) is 63.6 cm³/mol. The van der Waals surface area contributed by atoms with E-state index in [0.717, 1.165) is 12.1 Å². The third-order valence-electron chi connectivity index (χ3n) is 2.41. The lowest BCUT2D eigenvalue weighted by molar-refractivity contribution is 0.0118. The average molecular weight is 310 g/mol. The smallest absolute Gasteiger partial charge is 0.137 e. The van der Waals surface area contributed by atoms with E-state index in [-0.39, 0.29) is 16.5 Å². The summed E-state index contributed by atoms with van der Waals surface area (Å²) < 4.78 is 26.7. The van der Waals surface area contributed by atoms with Crippen LogP contribution >= 0.6 is 15.9 Å². The lowest BCUT2D eigenvalue weighted by Crippen LogP contribution is -2.24. The van der Waals surface area contributed by atoms with Crippen molar-refractivity contribution < 1.29 is 19.0 Å². The molecular formula is C11H14BrF2NO2. The minimum Gasteiger partial charge on any atom is -0.390 e. The van der Waals surface area contributed by atoms with Crippen molar-refractivity contribution in [1.82, 2.24) is 5.32 Å². The van der Waals surface area contributed by atoms with Gasteiger partial charge < -0.3 is 15.5 Å². The first kappa shape index (κ1) is 14.5. The first-order valence-corrected chi connectivity index (χ1v) is 5.91. The molecule has 3 nitrogen and oxygen atoms in total. The van der Waals surface area contributed by atoms with Gasteiger partial charge in [0.1, 0.15) is 17.7 Å². The third-order valence-corrected chi connectivity index (χ3v) is 3.02. The van der Waals surface area contributed by atoms with Gasteiger partial charge in [-0.3, -0.25) is 0 Å². The number of aliphatic hydroxyl groups excluding tert-OH is 2. The highest BCUT2D eigenvalue weighted by Crippen LogP contribution is 2.26. The van der Waals surface area contributed by atoms with Crippen LogP contribution in [0.15, 0.2) is 16.6 Å². The zero-order chi connectivity index (χ0) is 13.0. The summed E-state index contributed by atoms with van der Waals surface area (Å²) in [4.78, 5) is 0. The molecule has 0 aliphatic carbocycles. The maximum atomic E-state index is 13.5. The summed E-state index contributed by atoms with van der Waals surface area (Å²) in [7, 11) is 1.69. The van der Waals surface area contributed by atoms with Crippen LogP contribution in [-0.4, -0.2) is 29.9 Å². The van der Waals surface area contributed by atoms with Crippen molar-refractivity contribution in [2.45, 2.75) is 18.6 Å². The molecule has 0 saturated carbocycles. The van der Waals surface area contributed by atoms with Crippen LogP contribution in [0.5, 0.6) is 0 Å². The Kier molecular flexibility index (Phi) is 5.45. The van der Waals surface area contributed by atoms with Crippen molar-refractivity contribution >= 4 is 15.9 Å². The Morgan fingerprint density at radius 1 is 1.29 bits per heavy atom. The van der Waals surface area contributed by atoms with Crippen LogP contribution in [0.4, 0.5) is 8.78 Å². The summed E-state index contributed by atoms with van der Waals surface area (Å²) in [6.45, 7) is 0.471. The quantitative estimate of drug-likeness (QED) is 0.726. The first-order chi connectivity index (χ1) is 7.97. The molecule has 0 spiro atoms. The molecular weight excluding hydrogens is 296 g/mol. The van der Waals surface area contributed by atoms with Gasteiger partial charge in [0.2, 0.25) is 0 Å². The number of hydrogen-bond acceptors (Lipinski definition) is 3. The van der Waals surface area contributed by atoms with Crippen LogP contribution in [-0.2, 0) is 0 Å². The molecule has 0 aliphatic rings. The molecule has 6 heteroatoms. The minimum absolute atomic E-state index is 0.0179. The molecule has 96 valence electrons.